The van der Waals surface area contributed by atoms with Gasteiger partial charge < -0.3 is 5.32 Å². The molecule has 0 aromatic carbocycles. The van der Waals surface area contributed by atoms with Crippen LogP contribution in [-0.2, 0) is 4.79 Å². The summed E-state index contributed by atoms with van der Waals surface area (Å²) >= 11 is 0. The number of nitrogens with one attached hydrogen (secondary N) is 1. The second-order valence-electron chi connectivity index (χ2n) is 4.79. The standard InChI is InChI=1S/C12H21N3O/c1-8(2)6-13-7-11-10(5)14-15(9(3)4)12(11)16/h7-9,13H,6H2,1-5H3/b11-7-. The Labute approximate surface area is 97.4 Å². The molecule has 1 aliphatic heterocycles. The topological polar surface area (TPSA) is 44.7 Å². The lowest BCUT2D eigenvalue weighted by Gasteiger charge is -2.15. The lowest BCUT2D eigenvalue weighted by atomic mass is 10.2. The molecule has 16 heavy (non-hydrogen) atoms. The van der Waals surface area contributed by atoms with Gasteiger partial charge in [-0.15, -0.1) is 0 Å². The van der Waals surface area contributed by atoms with Crippen molar-refractivity contribution in [1.82, 2.24) is 10.3 Å². The van der Waals surface area contributed by atoms with Crippen molar-refractivity contribution in [3.63, 3.8) is 0 Å². The molecule has 0 unspecified atom stereocenters. The average Bonchev–Trinajstić information content (AvgIpc) is 2.44. The van der Waals surface area contributed by atoms with E-state index in [-0.39, 0.29) is 11.9 Å². The maximum Gasteiger partial charge on any atom is 0.277 e. The molecule has 0 saturated carbocycles. The summed E-state index contributed by atoms with van der Waals surface area (Å²) in [6, 6.07) is 0.110. The molecule has 0 fully saturated rings. The molecule has 0 aliphatic carbocycles. The summed E-state index contributed by atoms with van der Waals surface area (Å²) in [4.78, 5) is 11.9. The van der Waals surface area contributed by atoms with E-state index in [0.29, 0.717) is 11.5 Å². The highest BCUT2D eigenvalue weighted by atomic mass is 16.2. The number of nitrogens with zero attached hydrogens (tertiary/aromatic N) is 2. The molecule has 0 aromatic heterocycles. The van der Waals surface area contributed by atoms with Crippen molar-refractivity contribution < 1.29 is 4.79 Å². The molecule has 1 N–H and O–H groups in total. The van der Waals surface area contributed by atoms with Gasteiger partial charge in [-0.3, -0.25) is 4.79 Å². The highest BCUT2D eigenvalue weighted by Gasteiger charge is 2.28. The van der Waals surface area contributed by atoms with Gasteiger partial charge in [-0.1, -0.05) is 13.8 Å². The van der Waals surface area contributed by atoms with E-state index in [4.69, 9.17) is 0 Å². The number of carbonyl (C=O) groups is 1. The Bertz CT molecular complexity index is 329. The summed E-state index contributed by atoms with van der Waals surface area (Å²) in [6.45, 7) is 10.9. The first kappa shape index (κ1) is 12.7. The Morgan fingerprint density at radius 2 is 2.00 bits per heavy atom. The number of hydrazone groups is 1. The lowest BCUT2D eigenvalue weighted by Crippen LogP contribution is -2.29. The summed E-state index contributed by atoms with van der Waals surface area (Å²) in [6.07, 6.45) is 1.78. The largest absolute Gasteiger partial charge is 0.390 e. The van der Waals surface area contributed by atoms with Gasteiger partial charge in [0.15, 0.2) is 0 Å². The Morgan fingerprint density at radius 3 is 2.44 bits per heavy atom. The third kappa shape index (κ3) is 2.84. The summed E-state index contributed by atoms with van der Waals surface area (Å²) in [5, 5.41) is 8.92. The van der Waals surface area contributed by atoms with Crippen LogP contribution in [0.5, 0.6) is 0 Å². The van der Waals surface area contributed by atoms with E-state index in [1.54, 1.807) is 6.20 Å². The maximum absolute atomic E-state index is 11.9. The molecule has 0 aromatic rings. The fraction of sp³-hybridized carbons (Fsp3) is 0.667. The molecule has 0 spiro atoms. The SMILES string of the molecule is CC1=NN(C(C)C)C(=O)/C1=C\NCC(C)C. The van der Waals surface area contributed by atoms with Crippen LogP contribution >= 0.6 is 0 Å². The summed E-state index contributed by atoms with van der Waals surface area (Å²) in [5.74, 6) is 0.551. The van der Waals surface area contributed by atoms with Crippen molar-refractivity contribution in [2.75, 3.05) is 6.54 Å². The van der Waals surface area contributed by atoms with Crippen LogP contribution in [-0.4, -0.2) is 29.2 Å². The normalized spacial score (nSPS) is 18.9. The quantitative estimate of drug-likeness (QED) is 0.738. The smallest absolute Gasteiger partial charge is 0.277 e. The minimum atomic E-state index is -0.0104. The lowest BCUT2D eigenvalue weighted by molar-refractivity contribution is -0.127. The zero-order valence-corrected chi connectivity index (χ0v) is 10.7. The predicted molar refractivity (Wildman–Crippen MR) is 66.0 cm³/mol. The summed E-state index contributed by atoms with van der Waals surface area (Å²) in [7, 11) is 0. The minimum absolute atomic E-state index is 0.0104. The van der Waals surface area contributed by atoms with Crippen LogP contribution in [0.4, 0.5) is 0 Å². The highest BCUT2D eigenvalue weighted by molar-refractivity contribution is 6.23. The third-order valence-electron chi connectivity index (χ3n) is 2.35. The van der Waals surface area contributed by atoms with Gasteiger partial charge >= 0.3 is 0 Å². The maximum atomic E-state index is 11.9. The molecule has 1 heterocycles. The minimum Gasteiger partial charge on any atom is -0.390 e. The first-order valence-corrected chi connectivity index (χ1v) is 5.76. The van der Waals surface area contributed by atoms with Crippen LogP contribution in [0.1, 0.15) is 34.6 Å². The van der Waals surface area contributed by atoms with Crippen molar-refractivity contribution in [2.24, 2.45) is 11.0 Å². The third-order valence-corrected chi connectivity index (χ3v) is 2.35. The Kier molecular flexibility index (Phi) is 4.10. The monoisotopic (exact) mass is 223 g/mol. The zero-order chi connectivity index (χ0) is 12.3. The van der Waals surface area contributed by atoms with Gasteiger partial charge in [0.2, 0.25) is 0 Å². The second-order valence-corrected chi connectivity index (χ2v) is 4.79. The molecule has 0 saturated heterocycles. The predicted octanol–water partition coefficient (Wildman–Crippen LogP) is 1.74. The fourth-order valence-corrected chi connectivity index (χ4v) is 1.45. The Morgan fingerprint density at radius 1 is 1.38 bits per heavy atom. The molecule has 4 heteroatoms. The first-order chi connectivity index (χ1) is 7.43. The van der Waals surface area contributed by atoms with E-state index in [0.717, 1.165) is 12.3 Å². The Hall–Kier alpha value is -1.32. The molecule has 0 bridgehead atoms. The van der Waals surface area contributed by atoms with Crippen LogP contribution in [0.2, 0.25) is 0 Å². The molecule has 90 valence electrons. The second kappa shape index (κ2) is 5.14. The van der Waals surface area contributed by atoms with Gasteiger partial charge in [0.25, 0.3) is 5.91 Å². The summed E-state index contributed by atoms with van der Waals surface area (Å²) < 4.78 is 0. The van der Waals surface area contributed by atoms with E-state index in [1.165, 1.54) is 5.01 Å². The number of hydrogen-bond acceptors (Lipinski definition) is 3. The molecule has 0 atom stereocenters. The zero-order valence-electron chi connectivity index (χ0n) is 10.7. The molecular formula is C12H21N3O. The Balaban J connectivity index is 2.69. The van der Waals surface area contributed by atoms with Crippen LogP contribution < -0.4 is 5.32 Å². The van der Waals surface area contributed by atoms with Crippen LogP contribution in [0.3, 0.4) is 0 Å². The van der Waals surface area contributed by atoms with Crippen LogP contribution in [0.15, 0.2) is 16.9 Å². The number of amides is 1. The van der Waals surface area contributed by atoms with E-state index >= 15 is 0 Å². The summed E-state index contributed by atoms with van der Waals surface area (Å²) in [5.41, 5.74) is 1.46. The van der Waals surface area contributed by atoms with Gasteiger partial charge in [0, 0.05) is 12.7 Å². The fourth-order valence-electron chi connectivity index (χ4n) is 1.45. The van der Waals surface area contributed by atoms with Crippen LogP contribution in [0, 0.1) is 5.92 Å². The van der Waals surface area contributed by atoms with Gasteiger partial charge in [-0.05, 0) is 26.7 Å². The van der Waals surface area contributed by atoms with Crippen molar-refractivity contribution in [1.29, 1.82) is 0 Å². The van der Waals surface area contributed by atoms with E-state index in [9.17, 15) is 4.79 Å². The van der Waals surface area contributed by atoms with E-state index in [2.05, 4.69) is 24.3 Å². The molecular weight excluding hydrogens is 202 g/mol. The molecule has 1 aliphatic rings. The number of hydrogen-bond donors (Lipinski definition) is 1. The van der Waals surface area contributed by atoms with Gasteiger partial charge in [-0.2, -0.15) is 5.10 Å². The molecule has 0 radical (unpaired) electrons. The number of carbonyl (C=O) groups excluding carboxylic acids is 1. The van der Waals surface area contributed by atoms with Gasteiger partial charge in [0.1, 0.15) is 0 Å². The molecule has 1 amide bonds. The molecule has 1 rings (SSSR count). The van der Waals surface area contributed by atoms with Crippen molar-refractivity contribution in [3.8, 4) is 0 Å². The first-order valence-electron chi connectivity index (χ1n) is 5.76. The number of rotatable bonds is 4. The average molecular weight is 223 g/mol. The molecule has 4 nitrogen and oxygen atoms in total. The van der Waals surface area contributed by atoms with Gasteiger partial charge in [0.05, 0.1) is 17.3 Å². The van der Waals surface area contributed by atoms with Crippen molar-refractivity contribution in [2.45, 2.75) is 40.7 Å². The van der Waals surface area contributed by atoms with Crippen molar-refractivity contribution in [3.05, 3.63) is 11.8 Å². The van der Waals surface area contributed by atoms with E-state index < -0.39 is 0 Å². The van der Waals surface area contributed by atoms with E-state index in [1.807, 2.05) is 20.8 Å². The highest BCUT2D eigenvalue weighted by Crippen LogP contribution is 2.16. The van der Waals surface area contributed by atoms with Crippen LogP contribution in [0.25, 0.3) is 0 Å². The van der Waals surface area contributed by atoms with Gasteiger partial charge in [-0.25, -0.2) is 5.01 Å². The van der Waals surface area contributed by atoms with Crippen molar-refractivity contribution >= 4 is 11.6 Å².